The van der Waals surface area contributed by atoms with Crippen molar-refractivity contribution in [2.24, 2.45) is 23.7 Å². The molecule has 3 aliphatic heterocycles. The highest BCUT2D eigenvalue weighted by Gasteiger charge is 2.45. The summed E-state index contributed by atoms with van der Waals surface area (Å²) in [4.78, 5) is 105. The number of amides is 7. The van der Waals surface area contributed by atoms with Gasteiger partial charge in [0, 0.05) is 115 Å². The minimum Gasteiger partial charge on any atom is -0.394 e. The van der Waals surface area contributed by atoms with Gasteiger partial charge in [-0.05, 0) is 63.7 Å². The van der Waals surface area contributed by atoms with Gasteiger partial charge in [-0.1, -0.05) is 49.0 Å². The van der Waals surface area contributed by atoms with Gasteiger partial charge in [-0.15, -0.1) is 0 Å². The number of hydrogen-bond acceptors (Lipinski definition) is 24. The van der Waals surface area contributed by atoms with E-state index in [0.717, 1.165) is 5.92 Å². The van der Waals surface area contributed by atoms with E-state index < -0.39 is 135 Å². The average molecular weight is 1370 g/mol. The summed E-state index contributed by atoms with van der Waals surface area (Å²) in [7, 11) is 1.55. The number of carbonyl (C=O) groups is 8. The Morgan fingerprint density at radius 2 is 0.695 bits per heavy atom. The number of methoxy groups -OCH3 is 1. The fraction of sp³-hybridized carbons (Fsp3) is 0.875. The van der Waals surface area contributed by atoms with Crippen molar-refractivity contribution in [3.8, 4) is 0 Å². The molecule has 3 saturated heterocycles. The Balaban J connectivity index is 0.00000876. The smallest absolute Gasteiger partial charge is 0.222 e. The highest BCUT2D eigenvalue weighted by Crippen LogP contribution is 2.31. The summed E-state index contributed by atoms with van der Waals surface area (Å²) in [5.74, 6) is -3.87. The summed E-state index contributed by atoms with van der Waals surface area (Å²) in [6.07, 6.45) is -11.7. The number of Topliss-reactive ketones (excluding diaryl/α,β-unsaturated/α-hetero) is 1. The number of aliphatic hydroxyl groups is 9. The fourth-order valence-corrected chi connectivity index (χ4v) is 10.3. The van der Waals surface area contributed by atoms with Crippen LogP contribution in [0.15, 0.2) is 0 Å². The van der Waals surface area contributed by atoms with Crippen molar-refractivity contribution in [1.82, 2.24) is 37.2 Å². The molecule has 3 heterocycles. The first-order valence-corrected chi connectivity index (χ1v) is 33.4. The van der Waals surface area contributed by atoms with Crippen LogP contribution in [0.2, 0.25) is 0 Å². The molecule has 3 aliphatic rings. The normalized spacial score (nSPS) is 26.3. The molecular formula is C64H119N7O24. The van der Waals surface area contributed by atoms with E-state index in [4.69, 9.17) is 33.2 Å². The monoisotopic (exact) mass is 1370 g/mol. The van der Waals surface area contributed by atoms with Crippen molar-refractivity contribution >= 4 is 47.1 Å². The molecule has 0 saturated carbocycles. The molecule has 31 heteroatoms. The van der Waals surface area contributed by atoms with Crippen LogP contribution in [-0.2, 0) is 71.5 Å². The van der Waals surface area contributed by atoms with E-state index in [0.29, 0.717) is 45.3 Å². The van der Waals surface area contributed by atoms with E-state index in [-0.39, 0.29) is 173 Å². The summed E-state index contributed by atoms with van der Waals surface area (Å²) < 4.78 is 38.5. The van der Waals surface area contributed by atoms with E-state index in [9.17, 15) is 84.3 Å². The molecule has 3 fully saturated rings. The van der Waals surface area contributed by atoms with Gasteiger partial charge in [0.2, 0.25) is 41.4 Å². The molecule has 16 N–H and O–H groups in total. The molecule has 15 atom stereocenters. The predicted octanol–water partition coefficient (Wildman–Crippen LogP) is -1.65. The Labute approximate surface area is 560 Å². The van der Waals surface area contributed by atoms with Crippen LogP contribution in [0.4, 0.5) is 0 Å². The molecule has 3 rings (SSSR count). The van der Waals surface area contributed by atoms with Gasteiger partial charge in [-0.25, -0.2) is 0 Å². The lowest BCUT2D eigenvalue weighted by Crippen LogP contribution is -2.55. The van der Waals surface area contributed by atoms with E-state index in [1.165, 1.54) is 0 Å². The van der Waals surface area contributed by atoms with Gasteiger partial charge in [0.25, 0.3) is 0 Å². The zero-order chi connectivity index (χ0) is 70.2. The van der Waals surface area contributed by atoms with Crippen LogP contribution >= 0.6 is 0 Å². The minimum absolute atomic E-state index is 0. The molecule has 95 heavy (non-hydrogen) atoms. The van der Waals surface area contributed by atoms with E-state index >= 15 is 0 Å². The van der Waals surface area contributed by atoms with E-state index in [1.54, 1.807) is 27.9 Å². The third kappa shape index (κ3) is 35.6. The lowest BCUT2D eigenvalue weighted by atomic mass is 9.82. The number of carbonyl (C=O) groups excluding carboxylic acids is 8. The second-order valence-electron chi connectivity index (χ2n) is 25.1. The first-order valence-electron chi connectivity index (χ1n) is 33.4. The second kappa shape index (κ2) is 49.8. The number of ketones is 1. The molecule has 31 nitrogen and oxygen atoms in total. The van der Waals surface area contributed by atoms with Crippen molar-refractivity contribution in [2.45, 2.75) is 244 Å². The number of aliphatic hydroxyl groups excluding tert-OH is 9. The number of rotatable bonds is 46. The SMILES string of the molecule is C.CC(C)C.COCCCNC(=O)CCCC(=O)NC(CCC(=O)CCCCNC(=O)CCO[C@@H]1OC(CO)[C@H](O)[C@H](O)C1C)(CCC(=O)NCCCNC(=O)CCO[C@@H]1OC(CO)[C@H](O)[C@H](O)C1C)CCC(=O)NCCCNC(=O)CCO[C@@H]1OC(CO)[C@H](O)[C@H](O)C1C. The third-order valence-corrected chi connectivity index (χ3v) is 16.2. The van der Waals surface area contributed by atoms with E-state index in [2.05, 4.69) is 58.0 Å². The van der Waals surface area contributed by atoms with Gasteiger partial charge in [-0.2, -0.15) is 0 Å². The van der Waals surface area contributed by atoms with Crippen molar-refractivity contribution in [1.29, 1.82) is 0 Å². The predicted molar refractivity (Wildman–Crippen MR) is 345 cm³/mol. The Kier molecular flexibility index (Phi) is 46.3. The number of nitrogens with one attached hydrogen (secondary N) is 7. The summed E-state index contributed by atoms with van der Waals surface area (Å²) >= 11 is 0. The third-order valence-electron chi connectivity index (χ3n) is 16.2. The first-order chi connectivity index (χ1) is 44.7. The molecule has 7 amide bonds. The van der Waals surface area contributed by atoms with Crippen molar-refractivity contribution < 1.29 is 117 Å². The highest BCUT2D eigenvalue weighted by molar-refractivity contribution is 5.82. The van der Waals surface area contributed by atoms with Crippen molar-refractivity contribution in [3.05, 3.63) is 0 Å². The maximum Gasteiger partial charge on any atom is 0.222 e. The molecule has 0 bridgehead atoms. The Hall–Kier alpha value is -4.68. The van der Waals surface area contributed by atoms with E-state index in [1.807, 2.05) is 0 Å². The first kappa shape index (κ1) is 88.3. The fourth-order valence-electron chi connectivity index (χ4n) is 10.3. The van der Waals surface area contributed by atoms with Crippen molar-refractivity contribution in [2.75, 3.05) is 92.6 Å². The minimum atomic E-state index is -1.30. The molecule has 554 valence electrons. The molecular weight excluding hydrogens is 1250 g/mol. The molecule has 6 unspecified atom stereocenters. The zero-order valence-electron chi connectivity index (χ0n) is 56.3. The van der Waals surface area contributed by atoms with Gasteiger partial charge in [0.15, 0.2) is 18.9 Å². The molecule has 0 spiro atoms. The number of ether oxygens (including phenoxy) is 7. The van der Waals surface area contributed by atoms with Gasteiger partial charge in [0.05, 0.1) is 77.2 Å². The van der Waals surface area contributed by atoms with Crippen LogP contribution in [0.25, 0.3) is 0 Å². The number of hydrogen-bond donors (Lipinski definition) is 16. The van der Waals surface area contributed by atoms with Crippen LogP contribution < -0.4 is 37.2 Å². The lowest BCUT2D eigenvalue weighted by molar-refractivity contribution is -0.282. The summed E-state index contributed by atoms with van der Waals surface area (Å²) in [6, 6.07) is 0. The molecule has 0 aliphatic carbocycles. The van der Waals surface area contributed by atoms with Gasteiger partial charge in [0.1, 0.15) is 42.4 Å². The standard InChI is InChI=1S/C59H105N7O24.C4H10.CH4/c1-36-50(78)53(81)40(33-67)88-56(36)85-30-17-46(74)60-23-6-5-11-39(70)14-20-59(66-49(77)13-7-12-43(71)65-28-10-29-84-4,21-15-44(72)61-24-8-26-63-47(75)18-31-86-57-37(2)51(79)54(82)41(34-68)89-57)22-16-45(73)62-25-9-27-64-48(76)19-32-87-58-38(3)52(80)55(83)42(35-69)90-58;1-4(2)3;/h36-38,40-42,50-58,67-69,78-83H,5-35H2,1-4H3,(H,60,74)(H,61,72)(H,62,73)(H,63,75)(H,64,76)(H,65,71)(H,66,77);4H,1-3H3;1H4/t36?,37?,38?,40?,41?,42?,50-,51-,52-,53+,54+,55+,56-,57-,58-,59?;;/m1../s1. The number of unbranched alkanes of at least 4 members (excludes halogenated alkanes) is 1. The van der Waals surface area contributed by atoms with Crippen LogP contribution in [-0.4, -0.2) is 265 Å². The average Bonchev–Trinajstić information content (AvgIpc) is 0.910. The zero-order valence-corrected chi connectivity index (χ0v) is 56.3. The quantitative estimate of drug-likeness (QED) is 0.0304. The van der Waals surface area contributed by atoms with Gasteiger partial charge < -0.3 is 116 Å². The topological polar surface area (TPSA) is 467 Å². The van der Waals surface area contributed by atoms with Crippen molar-refractivity contribution in [3.63, 3.8) is 0 Å². The maximum absolute atomic E-state index is 13.8. The summed E-state index contributed by atoms with van der Waals surface area (Å²) in [5, 5.41) is 109. The largest absolute Gasteiger partial charge is 0.394 e. The lowest BCUT2D eigenvalue weighted by Gasteiger charge is -2.40. The molecule has 0 aromatic heterocycles. The van der Waals surface area contributed by atoms with Gasteiger partial charge in [-0.3, -0.25) is 38.4 Å². The second-order valence-corrected chi connectivity index (χ2v) is 25.1. The van der Waals surface area contributed by atoms with Crippen LogP contribution in [0, 0.1) is 23.7 Å². The summed E-state index contributed by atoms with van der Waals surface area (Å²) in [6.45, 7) is 11.2. The van der Waals surface area contributed by atoms with Gasteiger partial charge >= 0.3 is 0 Å². The van der Waals surface area contributed by atoms with Crippen LogP contribution in [0.1, 0.15) is 165 Å². The Morgan fingerprint density at radius 1 is 0.389 bits per heavy atom. The van der Waals surface area contributed by atoms with Crippen LogP contribution in [0.3, 0.4) is 0 Å². The molecule has 0 radical (unpaired) electrons. The molecule has 0 aromatic rings. The Bertz CT molecular complexity index is 1990. The highest BCUT2D eigenvalue weighted by atomic mass is 16.7. The Morgan fingerprint density at radius 3 is 1.04 bits per heavy atom. The maximum atomic E-state index is 13.8. The summed E-state index contributed by atoms with van der Waals surface area (Å²) in [5.41, 5.74) is -1.28. The molecule has 0 aromatic carbocycles. The van der Waals surface area contributed by atoms with Crippen LogP contribution in [0.5, 0.6) is 0 Å².